The summed E-state index contributed by atoms with van der Waals surface area (Å²) >= 11 is 6.51. The van der Waals surface area contributed by atoms with Crippen LogP contribution in [0.5, 0.6) is 0 Å². The molecule has 0 heterocycles. The lowest BCUT2D eigenvalue weighted by molar-refractivity contribution is -0.384. The molecule has 3 aromatic carbocycles. The van der Waals surface area contributed by atoms with Gasteiger partial charge in [0, 0.05) is 30.0 Å². The van der Waals surface area contributed by atoms with Crippen LogP contribution in [-0.2, 0) is 9.84 Å². The quantitative estimate of drug-likeness (QED) is 0.198. The molecule has 0 spiro atoms. The molecule has 2 unspecified atom stereocenters. The van der Waals surface area contributed by atoms with Crippen molar-refractivity contribution in [2.75, 3.05) is 0 Å². The number of nitro groups is 1. The third kappa shape index (κ3) is 5.18. The van der Waals surface area contributed by atoms with Crippen LogP contribution >= 0.6 is 11.6 Å². The van der Waals surface area contributed by atoms with Gasteiger partial charge in [0.05, 0.1) is 9.82 Å². The molecule has 0 radical (unpaired) electrons. The predicted octanol–water partition coefficient (Wildman–Crippen LogP) is 5.30. The normalized spacial score (nSPS) is 13.4. The number of sulfone groups is 1. The minimum Gasteiger partial charge on any atom is -0.294 e. The molecule has 160 valence electrons. The van der Waals surface area contributed by atoms with Crippen molar-refractivity contribution in [3.63, 3.8) is 0 Å². The fourth-order valence-corrected chi connectivity index (χ4v) is 5.25. The summed E-state index contributed by atoms with van der Waals surface area (Å²) in [4.78, 5) is 23.5. The van der Waals surface area contributed by atoms with Gasteiger partial charge in [-0.2, -0.15) is 0 Å². The van der Waals surface area contributed by atoms with Crippen LogP contribution in [0.1, 0.15) is 33.8 Å². The summed E-state index contributed by atoms with van der Waals surface area (Å²) in [5.41, 5.74) is 1.42. The van der Waals surface area contributed by atoms with Gasteiger partial charge in [0.1, 0.15) is 4.71 Å². The molecule has 0 aromatic heterocycles. The van der Waals surface area contributed by atoms with Gasteiger partial charge in [0.15, 0.2) is 15.6 Å². The van der Waals surface area contributed by atoms with E-state index < -0.39 is 31.2 Å². The lowest BCUT2D eigenvalue weighted by Crippen LogP contribution is -2.26. The minimum absolute atomic E-state index is 0.0711. The average molecular weight is 458 g/mol. The molecule has 3 rings (SSSR count). The number of nitro benzene ring substituents is 1. The first-order valence-electron chi connectivity index (χ1n) is 9.47. The van der Waals surface area contributed by atoms with Crippen molar-refractivity contribution in [1.82, 2.24) is 0 Å². The molecule has 0 aliphatic carbocycles. The maximum absolute atomic E-state index is 13.2. The van der Waals surface area contributed by atoms with Gasteiger partial charge in [0.25, 0.3) is 5.69 Å². The zero-order chi connectivity index (χ0) is 22.6. The Labute approximate surface area is 185 Å². The molecular formula is C23H20ClNO5S. The van der Waals surface area contributed by atoms with E-state index in [0.717, 1.165) is 5.56 Å². The lowest BCUT2D eigenvalue weighted by atomic mass is 9.93. The highest BCUT2D eigenvalue weighted by molar-refractivity contribution is 7.93. The van der Waals surface area contributed by atoms with Gasteiger partial charge in [-0.25, -0.2) is 8.42 Å². The molecule has 0 fully saturated rings. The smallest absolute Gasteiger partial charge is 0.270 e. The molecule has 0 bridgehead atoms. The lowest BCUT2D eigenvalue weighted by Gasteiger charge is -2.22. The van der Waals surface area contributed by atoms with E-state index in [1.807, 2.05) is 6.92 Å². The Kier molecular flexibility index (Phi) is 6.87. The van der Waals surface area contributed by atoms with Crippen molar-refractivity contribution in [2.45, 2.75) is 28.9 Å². The first-order chi connectivity index (χ1) is 14.7. The van der Waals surface area contributed by atoms with Crippen LogP contribution in [-0.4, -0.2) is 23.8 Å². The van der Waals surface area contributed by atoms with E-state index in [2.05, 4.69) is 0 Å². The molecule has 8 heteroatoms. The Bertz CT molecular complexity index is 1190. The average Bonchev–Trinajstić information content (AvgIpc) is 2.77. The number of benzene rings is 3. The van der Waals surface area contributed by atoms with Gasteiger partial charge in [-0.05, 0) is 24.6 Å². The standard InChI is InChI=1S/C23H20ClNO5S/c1-16-10-12-20(13-11-16)31(29,30)23(24)21(17-6-3-2-4-7-17)15-22(26)18-8-5-9-19(14-18)25(27)28/h2-14,21,23H,15H2,1H3. The molecule has 0 amide bonds. The number of hydrogen-bond acceptors (Lipinski definition) is 5. The fourth-order valence-electron chi connectivity index (χ4n) is 3.25. The Morgan fingerprint density at radius 2 is 1.65 bits per heavy atom. The van der Waals surface area contributed by atoms with Gasteiger partial charge in [-0.3, -0.25) is 14.9 Å². The number of Topliss-reactive ketones (excluding diaryl/α,β-unsaturated/α-hetero) is 1. The van der Waals surface area contributed by atoms with Crippen LogP contribution in [0.15, 0.2) is 83.8 Å². The highest BCUT2D eigenvalue weighted by atomic mass is 35.5. The molecule has 0 N–H and O–H groups in total. The molecule has 0 aliphatic rings. The summed E-state index contributed by atoms with van der Waals surface area (Å²) < 4.78 is 25.0. The molecule has 0 aliphatic heterocycles. The summed E-state index contributed by atoms with van der Waals surface area (Å²) in [7, 11) is -3.95. The number of aryl methyl sites for hydroxylation is 1. The summed E-state index contributed by atoms with van der Waals surface area (Å²) in [6.07, 6.45) is -0.218. The molecule has 0 saturated carbocycles. The van der Waals surface area contributed by atoms with Crippen molar-refractivity contribution in [2.24, 2.45) is 0 Å². The summed E-state index contributed by atoms with van der Waals surface area (Å²) in [5.74, 6) is -1.27. The van der Waals surface area contributed by atoms with E-state index in [9.17, 15) is 23.3 Å². The number of hydrogen-bond donors (Lipinski definition) is 0. The molecule has 31 heavy (non-hydrogen) atoms. The SMILES string of the molecule is Cc1ccc(S(=O)(=O)C(Cl)C(CC(=O)c2cccc([N+](=O)[O-])c2)c2ccccc2)cc1. The molecule has 3 aromatic rings. The van der Waals surface area contributed by atoms with Gasteiger partial charge < -0.3 is 0 Å². The zero-order valence-electron chi connectivity index (χ0n) is 16.6. The first kappa shape index (κ1) is 22.7. The molecule has 2 atom stereocenters. The van der Waals surface area contributed by atoms with Gasteiger partial charge in [-0.15, -0.1) is 11.6 Å². The monoisotopic (exact) mass is 457 g/mol. The van der Waals surface area contributed by atoms with Crippen LogP contribution in [0, 0.1) is 17.0 Å². The van der Waals surface area contributed by atoms with Gasteiger partial charge in [0.2, 0.25) is 0 Å². The van der Waals surface area contributed by atoms with E-state index in [-0.39, 0.29) is 22.6 Å². The van der Waals surface area contributed by atoms with Crippen LogP contribution in [0.25, 0.3) is 0 Å². The second-order valence-electron chi connectivity index (χ2n) is 7.16. The van der Waals surface area contributed by atoms with E-state index in [4.69, 9.17) is 11.6 Å². The number of non-ortho nitro benzene ring substituents is 1. The minimum atomic E-state index is -3.95. The maximum Gasteiger partial charge on any atom is 0.270 e. The summed E-state index contributed by atoms with van der Waals surface area (Å²) in [6, 6.07) is 20.4. The number of alkyl halides is 1. The van der Waals surface area contributed by atoms with Gasteiger partial charge >= 0.3 is 0 Å². The topological polar surface area (TPSA) is 94.3 Å². The summed E-state index contributed by atoms with van der Waals surface area (Å²) in [5, 5.41) is 11.0. The molecule has 6 nitrogen and oxygen atoms in total. The van der Waals surface area contributed by atoms with Crippen LogP contribution in [0.3, 0.4) is 0 Å². The number of carbonyl (C=O) groups excluding carboxylic acids is 1. The largest absolute Gasteiger partial charge is 0.294 e. The Morgan fingerprint density at radius 1 is 1.00 bits per heavy atom. The number of ketones is 1. The maximum atomic E-state index is 13.2. The fraction of sp³-hybridized carbons (Fsp3) is 0.174. The molecule has 0 saturated heterocycles. The Morgan fingerprint density at radius 3 is 2.26 bits per heavy atom. The second-order valence-corrected chi connectivity index (χ2v) is 9.96. The zero-order valence-corrected chi connectivity index (χ0v) is 18.2. The highest BCUT2D eigenvalue weighted by Gasteiger charge is 2.35. The van der Waals surface area contributed by atoms with Crippen LogP contribution in [0.2, 0.25) is 0 Å². The Hall–Kier alpha value is -3.03. The first-order valence-corrected chi connectivity index (χ1v) is 11.5. The predicted molar refractivity (Wildman–Crippen MR) is 119 cm³/mol. The van der Waals surface area contributed by atoms with Gasteiger partial charge in [-0.1, -0.05) is 60.2 Å². The van der Waals surface area contributed by atoms with Crippen molar-refractivity contribution in [3.05, 3.63) is 106 Å². The number of carbonyl (C=O) groups is 1. The van der Waals surface area contributed by atoms with Crippen molar-refractivity contribution < 1.29 is 18.1 Å². The van der Waals surface area contributed by atoms with Crippen molar-refractivity contribution in [1.29, 1.82) is 0 Å². The van der Waals surface area contributed by atoms with Crippen LogP contribution < -0.4 is 0 Å². The second kappa shape index (κ2) is 9.41. The van der Waals surface area contributed by atoms with E-state index in [0.29, 0.717) is 5.56 Å². The third-order valence-corrected chi connectivity index (χ3v) is 7.83. The number of rotatable bonds is 8. The summed E-state index contributed by atoms with van der Waals surface area (Å²) in [6.45, 7) is 1.85. The van der Waals surface area contributed by atoms with E-state index in [1.165, 1.54) is 36.4 Å². The van der Waals surface area contributed by atoms with E-state index in [1.54, 1.807) is 42.5 Å². The highest BCUT2D eigenvalue weighted by Crippen LogP contribution is 2.35. The van der Waals surface area contributed by atoms with Crippen molar-refractivity contribution in [3.8, 4) is 0 Å². The van der Waals surface area contributed by atoms with E-state index >= 15 is 0 Å². The Balaban J connectivity index is 1.97. The number of halogens is 1. The molecular weight excluding hydrogens is 438 g/mol. The third-order valence-electron chi connectivity index (χ3n) is 4.97. The number of nitrogens with zero attached hydrogens (tertiary/aromatic N) is 1. The van der Waals surface area contributed by atoms with Crippen LogP contribution in [0.4, 0.5) is 5.69 Å². The van der Waals surface area contributed by atoms with Crippen molar-refractivity contribution >= 4 is 32.9 Å².